The third-order valence-corrected chi connectivity index (χ3v) is 3.35. The molecule has 0 aliphatic rings. The van der Waals surface area contributed by atoms with Gasteiger partial charge in [0.2, 0.25) is 0 Å². The number of nitrogens with two attached hydrogens (primary N) is 1. The summed E-state index contributed by atoms with van der Waals surface area (Å²) in [6.07, 6.45) is 1.08. The van der Waals surface area contributed by atoms with Crippen molar-refractivity contribution in [2.45, 2.75) is 46.6 Å². The Kier molecular flexibility index (Phi) is 7.11. The van der Waals surface area contributed by atoms with Crippen LogP contribution in [0.1, 0.15) is 51.2 Å². The topological polar surface area (TPSA) is 29.3 Å². The Balaban J connectivity index is 2.61. The fourth-order valence-corrected chi connectivity index (χ4v) is 2.33. The first-order chi connectivity index (χ1) is 9.02. The summed E-state index contributed by atoms with van der Waals surface area (Å²) in [6, 6.07) is 9.06. The Morgan fingerprint density at radius 2 is 1.68 bits per heavy atom. The summed E-state index contributed by atoms with van der Waals surface area (Å²) < 4.78 is 0. The van der Waals surface area contributed by atoms with Crippen LogP contribution < -0.4 is 5.73 Å². The van der Waals surface area contributed by atoms with Gasteiger partial charge in [-0.1, -0.05) is 52.0 Å². The predicted octanol–water partition coefficient (Wildman–Crippen LogP) is 3.62. The maximum atomic E-state index is 5.63. The van der Waals surface area contributed by atoms with Crippen LogP contribution in [-0.2, 0) is 6.54 Å². The zero-order chi connectivity index (χ0) is 14.3. The van der Waals surface area contributed by atoms with Crippen molar-refractivity contribution in [1.29, 1.82) is 0 Å². The van der Waals surface area contributed by atoms with E-state index >= 15 is 0 Å². The van der Waals surface area contributed by atoms with E-state index < -0.39 is 0 Å². The lowest BCUT2D eigenvalue weighted by atomic mass is 10.0. The maximum Gasteiger partial charge on any atom is 0.0233 e. The summed E-state index contributed by atoms with van der Waals surface area (Å²) in [5.74, 6) is 1.31. The van der Waals surface area contributed by atoms with Crippen molar-refractivity contribution >= 4 is 0 Å². The highest BCUT2D eigenvalue weighted by Gasteiger charge is 2.08. The quantitative estimate of drug-likeness (QED) is 0.775. The van der Waals surface area contributed by atoms with E-state index in [9.17, 15) is 0 Å². The molecule has 2 N–H and O–H groups in total. The van der Waals surface area contributed by atoms with Crippen LogP contribution in [0.3, 0.4) is 0 Å². The highest BCUT2D eigenvalue weighted by atomic mass is 15.1. The maximum absolute atomic E-state index is 5.63. The molecule has 19 heavy (non-hydrogen) atoms. The van der Waals surface area contributed by atoms with Gasteiger partial charge in [0.05, 0.1) is 0 Å². The summed E-state index contributed by atoms with van der Waals surface area (Å²) in [5, 5.41) is 0. The Morgan fingerprint density at radius 1 is 1.05 bits per heavy atom. The van der Waals surface area contributed by atoms with Crippen LogP contribution in [0.2, 0.25) is 0 Å². The molecule has 0 heterocycles. The molecule has 0 saturated heterocycles. The molecule has 1 aromatic rings. The summed E-state index contributed by atoms with van der Waals surface area (Å²) in [5.41, 5.74) is 8.45. The lowest BCUT2D eigenvalue weighted by Gasteiger charge is -2.24. The monoisotopic (exact) mass is 262 g/mol. The van der Waals surface area contributed by atoms with E-state index in [4.69, 9.17) is 5.73 Å². The minimum Gasteiger partial charge on any atom is -0.330 e. The standard InChI is InChI=1S/C17H30N2/c1-14(2)12-19(11-5-10-18)13-16-6-8-17(9-7-16)15(3)4/h6-9,14-15H,5,10-13,18H2,1-4H3. The highest BCUT2D eigenvalue weighted by molar-refractivity contribution is 5.24. The SMILES string of the molecule is CC(C)CN(CCCN)Cc1ccc(C(C)C)cc1. The zero-order valence-electron chi connectivity index (χ0n) is 13.0. The second kappa shape index (κ2) is 8.34. The lowest BCUT2D eigenvalue weighted by Crippen LogP contribution is -2.29. The fourth-order valence-electron chi connectivity index (χ4n) is 2.33. The molecule has 1 aromatic carbocycles. The molecular formula is C17H30N2. The fraction of sp³-hybridized carbons (Fsp3) is 0.647. The van der Waals surface area contributed by atoms with Gasteiger partial charge in [-0.25, -0.2) is 0 Å². The minimum atomic E-state index is 0.609. The van der Waals surface area contributed by atoms with Crippen LogP contribution in [0.25, 0.3) is 0 Å². The van der Waals surface area contributed by atoms with Crippen molar-refractivity contribution in [3.05, 3.63) is 35.4 Å². The first kappa shape index (κ1) is 16.2. The summed E-state index contributed by atoms with van der Waals surface area (Å²) in [7, 11) is 0. The van der Waals surface area contributed by atoms with Gasteiger partial charge in [-0.3, -0.25) is 4.90 Å². The molecule has 0 radical (unpaired) electrons. The average Bonchev–Trinajstić information content (AvgIpc) is 2.36. The second-order valence-corrected chi connectivity index (χ2v) is 6.17. The van der Waals surface area contributed by atoms with E-state index in [1.807, 2.05) is 0 Å². The Hall–Kier alpha value is -0.860. The molecule has 2 nitrogen and oxygen atoms in total. The van der Waals surface area contributed by atoms with Gasteiger partial charge in [-0.2, -0.15) is 0 Å². The molecule has 0 bridgehead atoms. The van der Waals surface area contributed by atoms with Gasteiger partial charge in [-0.05, 0) is 42.5 Å². The highest BCUT2D eigenvalue weighted by Crippen LogP contribution is 2.16. The van der Waals surface area contributed by atoms with Crippen LogP contribution in [0.5, 0.6) is 0 Å². The third-order valence-electron chi connectivity index (χ3n) is 3.35. The van der Waals surface area contributed by atoms with Gasteiger partial charge in [0.15, 0.2) is 0 Å². The Morgan fingerprint density at radius 3 is 2.16 bits per heavy atom. The largest absolute Gasteiger partial charge is 0.330 e. The van der Waals surface area contributed by atoms with Gasteiger partial charge >= 0.3 is 0 Å². The van der Waals surface area contributed by atoms with Gasteiger partial charge in [0, 0.05) is 13.1 Å². The summed E-state index contributed by atoms with van der Waals surface area (Å²) in [4.78, 5) is 2.52. The number of hydrogen-bond acceptors (Lipinski definition) is 2. The number of benzene rings is 1. The van der Waals surface area contributed by atoms with E-state index in [0.29, 0.717) is 11.8 Å². The molecule has 0 amide bonds. The zero-order valence-corrected chi connectivity index (χ0v) is 13.0. The predicted molar refractivity (Wildman–Crippen MR) is 84.3 cm³/mol. The van der Waals surface area contributed by atoms with Crippen LogP contribution in [0.4, 0.5) is 0 Å². The number of nitrogens with zero attached hydrogens (tertiary/aromatic N) is 1. The Bertz CT molecular complexity index is 341. The second-order valence-electron chi connectivity index (χ2n) is 6.17. The van der Waals surface area contributed by atoms with Gasteiger partial charge in [0.1, 0.15) is 0 Å². The first-order valence-corrected chi connectivity index (χ1v) is 7.54. The van der Waals surface area contributed by atoms with E-state index in [0.717, 1.165) is 32.6 Å². The van der Waals surface area contributed by atoms with Crippen LogP contribution in [-0.4, -0.2) is 24.5 Å². The molecule has 0 fully saturated rings. The van der Waals surface area contributed by atoms with Crippen molar-refractivity contribution < 1.29 is 0 Å². The van der Waals surface area contributed by atoms with Crippen molar-refractivity contribution in [3.63, 3.8) is 0 Å². The molecule has 108 valence electrons. The van der Waals surface area contributed by atoms with Gasteiger partial charge in [-0.15, -0.1) is 0 Å². The molecule has 0 spiro atoms. The minimum absolute atomic E-state index is 0.609. The summed E-state index contributed by atoms with van der Waals surface area (Å²) in [6.45, 7) is 13.1. The van der Waals surface area contributed by atoms with Crippen molar-refractivity contribution in [1.82, 2.24) is 4.90 Å². The first-order valence-electron chi connectivity index (χ1n) is 7.54. The normalized spacial score (nSPS) is 11.8. The molecule has 1 rings (SSSR count). The van der Waals surface area contributed by atoms with Crippen LogP contribution >= 0.6 is 0 Å². The molecule has 0 aliphatic carbocycles. The molecule has 0 aliphatic heterocycles. The van der Waals surface area contributed by atoms with Gasteiger partial charge in [0.25, 0.3) is 0 Å². The molecule has 0 saturated carbocycles. The number of hydrogen-bond donors (Lipinski definition) is 1. The van der Waals surface area contributed by atoms with Crippen molar-refractivity contribution in [3.8, 4) is 0 Å². The molecule has 2 heteroatoms. The van der Waals surface area contributed by atoms with E-state index in [1.54, 1.807) is 0 Å². The van der Waals surface area contributed by atoms with E-state index in [-0.39, 0.29) is 0 Å². The molecule has 0 atom stereocenters. The number of rotatable bonds is 8. The lowest BCUT2D eigenvalue weighted by molar-refractivity contribution is 0.234. The van der Waals surface area contributed by atoms with Crippen molar-refractivity contribution in [2.24, 2.45) is 11.7 Å². The van der Waals surface area contributed by atoms with Crippen LogP contribution in [0, 0.1) is 5.92 Å². The Labute approximate surface area is 119 Å². The van der Waals surface area contributed by atoms with E-state index in [1.165, 1.54) is 11.1 Å². The molecule has 0 unspecified atom stereocenters. The van der Waals surface area contributed by atoms with E-state index in [2.05, 4.69) is 56.9 Å². The molecule has 0 aromatic heterocycles. The molecular weight excluding hydrogens is 232 g/mol. The average molecular weight is 262 g/mol. The van der Waals surface area contributed by atoms with Gasteiger partial charge < -0.3 is 5.73 Å². The van der Waals surface area contributed by atoms with Crippen molar-refractivity contribution in [2.75, 3.05) is 19.6 Å². The third kappa shape index (κ3) is 6.22. The smallest absolute Gasteiger partial charge is 0.0233 e. The summed E-state index contributed by atoms with van der Waals surface area (Å²) >= 11 is 0. The van der Waals surface area contributed by atoms with Crippen LogP contribution in [0.15, 0.2) is 24.3 Å².